The van der Waals surface area contributed by atoms with E-state index in [1.807, 2.05) is 26.0 Å². The third-order valence-corrected chi connectivity index (χ3v) is 4.92. The molecule has 0 saturated carbocycles. The molecule has 0 fully saturated rings. The van der Waals surface area contributed by atoms with Gasteiger partial charge in [-0.2, -0.15) is 0 Å². The molecule has 1 aliphatic rings. The van der Waals surface area contributed by atoms with Crippen molar-refractivity contribution >= 4 is 34.7 Å². The lowest BCUT2D eigenvalue weighted by atomic mass is 10.0. The molecule has 174 valence electrons. The highest BCUT2D eigenvalue weighted by Crippen LogP contribution is 2.32. The Kier molecular flexibility index (Phi) is 7.53. The third kappa shape index (κ3) is 6.00. The topological polar surface area (TPSA) is 87.7 Å². The minimum atomic E-state index is -0.352. The Morgan fingerprint density at radius 2 is 1.48 bits per heavy atom. The highest BCUT2D eigenvalue weighted by Gasteiger charge is 2.39. The Morgan fingerprint density at radius 3 is 2.03 bits per heavy atom. The van der Waals surface area contributed by atoms with Crippen molar-refractivity contribution in [1.29, 1.82) is 0 Å². The van der Waals surface area contributed by atoms with Gasteiger partial charge in [0.15, 0.2) is 0 Å². The summed E-state index contributed by atoms with van der Waals surface area (Å²) in [6.07, 6.45) is 0. The largest absolute Gasteiger partial charge is 0.493 e. The normalized spacial score (nSPS) is 13.8. The van der Waals surface area contributed by atoms with E-state index in [0.717, 1.165) is 0 Å². The first kappa shape index (κ1) is 24.0. The molecule has 2 N–H and O–H groups in total. The summed E-state index contributed by atoms with van der Waals surface area (Å²) in [7, 11) is 0. The van der Waals surface area contributed by atoms with E-state index in [1.165, 1.54) is 11.8 Å². The van der Waals surface area contributed by atoms with E-state index in [1.54, 1.807) is 36.4 Å². The molecule has 0 aliphatic carbocycles. The van der Waals surface area contributed by atoms with E-state index >= 15 is 0 Å². The van der Waals surface area contributed by atoms with Crippen LogP contribution in [0.25, 0.3) is 5.57 Å². The van der Waals surface area contributed by atoms with Crippen molar-refractivity contribution in [2.45, 2.75) is 34.6 Å². The quantitative estimate of drug-likeness (QED) is 0.549. The summed E-state index contributed by atoms with van der Waals surface area (Å²) in [6, 6.07) is 14.2. The fourth-order valence-electron chi connectivity index (χ4n) is 3.46. The molecule has 2 aromatic rings. The zero-order valence-corrected chi connectivity index (χ0v) is 19.8. The molecule has 33 heavy (non-hydrogen) atoms. The molecule has 0 spiro atoms. The van der Waals surface area contributed by atoms with Gasteiger partial charge in [0.2, 0.25) is 5.91 Å². The zero-order chi connectivity index (χ0) is 24.1. The number of hydrogen-bond donors (Lipinski definition) is 2. The SMILES string of the molecule is CC(=O)Nc1ccc(NC2=C(c3ccc(OCC(C)C)cc3)C(=O)N(CC(C)C)C2=O)cc1. The number of ether oxygens (including phenoxy) is 1. The highest BCUT2D eigenvalue weighted by atomic mass is 16.5. The number of carbonyl (C=O) groups is 3. The van der Waals surface area contributed by atoms with Gasteiger partial charge in [0, 0.05) is 24.8 Å². The van der Waals surface area contributed by atoms with Crippen LogP contribution in [0.3, 0.4) is 0 Å². The summed E-state index contributed by atoms with van der Waals surface area (Å²) in [4.78, 5) is 39.0. The average molecular weight is 450 g/mol. The first-order valence-corrected chi connectivity index (χ1v) is 11.1. The fraction of sp³-hybridized carbons (Fsp3) is 0.346. The molecule has 1 aliphatic heterocycles. The van der Waals surface area contributed by atoms with Crippen molar-refractivity contribution in [2.24, 2.45) is 11.8 Å². The molecule has 0 unspecified atom stereocenters. The molecule has 0 atom stereocenters. The summed E-state index contributed by atoms with van der Waals surface area (Å²) in [6.45, 7) is 10.5. The number of hydrogen-bond acceptors (Lipinski definition) is 5. The van der Waals surface area contributed by atoms with E-state index in [4.69, 9.17) is 4.74 Å². The van der Waals surface area contributed by atoms with Crippen LogP contribution in [0.5, 0.6) is 5.75 Å². The first-order valence-electron chi connectivity index (χ1n) is 11.1. The van der Waals surface area contributed by atoms with Crippen molar-refractivity contribution in [3.63, 3.8) is 0 Å². The number of anilines is 2. The van der Waals surface area contributed by atoms with Gasteiger partial charge in [0.05, 0.1) is 12.2 Å². The maximum Gasteiger partial charge on any atom is 0.278 e. The predicted molar refractivity (Wildman–Crippen MR) is 130 cm³/mol. The van der Waals surface area contributed by atoms with Gasteiger partial charge in [0.25, 0.3) is 11.8 Å². The average Bonchev–Trinajstić information content (AvgIpc) is 2.97. The highest BCUT2D eigenvalue weighted by molar-refractivity contribution is 6.36. The van der Waals surface area contributed by atoms with Crippen LogP contribution in [0.2, 0.25) is 0 Å². The lowest BCUT2D eigenvalue weighted by Gasteiger charge is -2.17. The van der Waals surface area contributed by atoms with Crippen molar-refractivity contribution in [3.8, 4) is 5.75 Å². The zero-order valence-electron chi connectivity index (χ0n) is 19.8. The molecule has 0 bridgehead atoms. The molecule has 0 aromatic heterocycles. The second-order valence-electron chi connectivity index (χ2n) is 8.98. The summed E-state index contributed by atoms with van der Waals surface area (Å²) in [5.41, 5.74) is 2.51. The maximum atomic E-state index is 13.3. The number of rotatable bonds is 9. The predicted octanol–water partition coefficient (Wildman–Crippen LogP) is 4.53. The van der Waals surface area contributed by atoms with Crippen LogP contribution in [0, 0.1) is 11.8 Å². The van der Waals surface area contributed by atoms with Gasteiger partial charge in [0.1, 0.15) is 11.4 Å². The minimum Gasteiger partial charge on any atom is -0.493 e. The molecule has 7 heteroatoms. The van der Waals surface area contributed by atoms with Gasteiger partial charge in [-0.15, -0.1) is 0 Å². The summed E-state index contributed by atoms with van der Waals surface area (Å²) >= 11 is 0. The Hall–Kier alpha value is -3.61. The van der Waals surface area contributed by atoms with Gasteiger partial charge in [-0.3, -0.25) is 19.3 Å². The molecule has 3 rings (SSSR count). The van der Waals surface area contributed by atoms with Crippen LogP contribution in [-0.2, 0) is 14.4 Å². The second kappa shape index (κ2) is 10.3. The van der Waals surface area contributed by atoms with Crippen LogP contribution in [0.15, 0.2) is 54.2 Å². The van der Waals surface area contributed by atoms with Crippen molar-refractivity contribution in [1.82, 2.24) is 4.90 Å². The third-order valence-electron chi connectivity index (χ3n) is 4.92. The van der Waals surface area contributed by atoms with Crippen LogP contribution >= 0.6 is 0 Å². The Labute approximate surface area is 194 Å². The lowest BCUT2D eigenvalue weighted by molar-refractivity contribution is -0.137. The molecule has 7 nitrogen and oxygen atoms in total. The summed E-state index contributed by atoms with van der Waals surface area (Å²) in [5.74, 6) is 0.423. The summed E-state index contributed by atoms with van der Waals surface area (Å²) < 4.78 is 5.74. The fourth-order valence-corrected chi connectivity index (χ4v) is 3.46. The van der Waals surface area contributed by atoms with E-state index in [9.17, 15) is 14.4 Å². The number of nitrogens with zero attached hydrogens (tertiary/aromatic N) is 1. The molecule has 0 saturated heterocycles. The van der Waals surface area contributed by atoms with E-state index in [2.05, 4.69) is 24.5 Å². The van der Waals surface area contributed by atoms with Gasteiger partial charge in [-0.05, 0) is 53.8 Å². The monoisotopic (exact) mass is 449 g/mol. The van der Waals surface area contributed by atoms with Gasteiger partial charge < -0.3 is 15.4 Å². The first-order chi connectivity index (χ1) is 15.7. The van der Waals surface area contributed by atoms with Crippen LogP contribution < -0.4 is 15.4 Å². The lowest BCUT2D eigenvalue weighted by Crippen LogP contribution is -2.35. The molecular weight excluding hydrogens is 418 g/mol. The number of carbonyl (C=O) groups excluding carboxylic acids is 3. The Balaban J connectivity index is 1.93. The van der Waals surface area contributed by atoms with Gasteiger partial charge >= 0.3 is 0 Å². The van der Waals surface area contributed by atoms with Crippen LogP contribution in [0.1, 0.15) is 40.2 Å². The van der Waals surface area contributed by atoms with E-state index in [-0.39, 0.29) is 29.3 Å². The minimum absolute atomic E-state index is 0.141. The molecule has 0 radical (unpaired) electrons. The molecule has 2 aromatic carbocycles. The van der Waals surface area contributed by atoms with Crippen molar-refractivity contribution in [2.75, 3.05) is 23.8 Å². The number of nitrogens with one attached hydrogen (secondary N) is 2. The molecule has 1 heterocycles. The van der Waals surface area contributed by atoms with Crippen LogP contribution in [-0.4, -0.2) is 35.8 Å². The van der Waals surface area contributed by atoms with Crippen LogP contribution in [0.4, 0.5) is 11.4 Å². The summed E-state index contributed by atoms with van der Waals surface area (Å²) in [5, 5.41) is 5.84. The van der Waals surface area contributed by atoms with Gasteiger partial charge in [-0.1, -0.05) is 39.8 Å². The number of amides is 3. The maximum absolute atomic E-state index is 13.3. The Bertz CT molecular complexity index is 1050. The number of imide groups is 1. The second-order valence-corrected chi connectivity index (χ2v) is 8.98. The van der Waals surface area contributed by atoms with Crippen molar-refractivity contribution in [3.05, 3.63) is 59.8 Å². The molecular formula is C26H31N3O4. The van der Waals surface area contributed by atoms with Gasteiger partial charge in [-0.25, -0.2) is 0 Å². The van der Waals surface area contributed by atoms with Crippen molar-refractivity contribution < 1.29 is 19.1 Å². The number of benzene rings is 2. The standard InChI is InChI=1S/C26H31N3O4/c1-16(2)14-29-25(31)23(19-6-12-22(13-7-19)33-15-17(3)4)24(26(29)32)28-21-10-8-20(9-11-21)27-18(5)30/h6-13,16-17,28H,14-15H2,1-5H3,(H,27,30). The van der Waals surface area contributed by atoms with E-state index in [0.29, 0.717) is 47.3 Å². The smallest absolute Gasteiger partial charge is 0.278 e. The Morgan fingerprint density at radius 1 is 0.879 bits per heavy atom. The molecule has 3 amide bonds. The van der Waals surface area contributed by atoms with E-state index < -0.39 is 0 Å².